The van der Waals surface area contributed by atoms with Crippen LogP contribution in [0.15, 0.2) is 47.4 Å². The molecule has 26 heavy (non-hydrogen) atoms. The minimum absolute atomic E-state index is 0.102. The number of rotatable bonds is 3. The van der Waals surface area contributed by atoms with Gasteiger partial charge in [0, 0.05) is 19.6 Å². The van der Waals surface area contributed by atoms with Crippen LogP contribution in [0.25, 0.3) is 10.8 Å². The maximum absolute atomic E-state index is 13.2. The average Bonchev–Trinajstić information content (AvgIpc) is 3.18. The van der Waals surface area contributed by atoms with Crippen LogP contribution < -0.4 is 0 Å². The zero-order valence-electron chi connectivity index (χ0n) is 14.5. The van der Waals surface area contributed by atoms with E-state index in [1.54, 1.807) is 17.0 Å². The van der Waals surface area contributed by atoms with Crippen LogP contribution in [0.2, 0.25) is 0 Å². The van der Waals surface area contributed by atoms with Gasteiger partial charge in [-0.3, -0.25) is 4.79 Å². The summed E-state index contributed by atoms with van der Waals surface area (Å²) in [5.74, 6) is -0.102. The molecule has 138 valence electrons. The summed E-state index contributed by atoms with van der Waals surface area (Å²) in [7, 11) is -3.71. The molecule has 6 nitrogen and oxygen atoms in total. The Hall–Kier alpha value is -1.96. The maximum Gasteiger partial charge on any atom is 0.243 e. The van der Waals surface area contributed by atoms with Crippen molar-refractivity contribution in [2.45, 2.75) is 23.8 Å². The smallest absolute Gasteiger partial charge is 0.243 e. The largest absolute Gasteiger partial charge is 0.378 e. The highest BCUT2D eigenvalue weighted by Crippen LogP contribution is 2.29. The molecule has 2 heterocycles. The van der Waals surface area contributed by atoms with Crippen molar-refractivity contribution in [2.75, 3.05) is 32.8 Å². The predicted octanol–water partition coefficient (Wildman–Crippen LogP) is 1.85. The van der Waals surface area contributed by atoms with Gasteiger partial charge in [0.25, 0.3) is 0 Å². The first-order chi connectivity index (χ1) is 12.6. The number of hydrogen-bond donors (Lipinski definition) is 0. The van der Waals surface area contributed by atoms with Crippen LogP contribution in [0.1, 0.15) is 12.8 Å². The number of morpholine rings is 1. The highest BCUT2D eigenvalue weighted by atomic mass is 32.2. The fraction of sp³-hybridized carbons (Fsp3) is 0.421. The summed E-state index contributed by atoms with van der Waals surface area (Å²) < 4.78 is 33.1. The SMILES string of the molecule is O=C([C@@H]1CCCN1S(=O)(=O)c1ccc2ccccc2c1)N1CCOCC1. The quantitative estimate of drug-likeness (QED) is 0.822. The van der Waals surface area contributed by atoms with Gasteiger partial charge in [0.2, 0.25) is 15.9 Å². The highest BCUT2D eigenvalue weighted by Gasteiger charge is 2.41. The molecule has 4 rings (SSSR count). The summed E-state index contributed by atoms with van der Waals surface area (Å²) in [6, 6.07) is 12.2. The highest BCUT2D eigenvalue weighted by molar-refractivity contribution is 7.89. The number of nitrogens with zero attached hydrogens (tertiary/aromatic N) is 2. The lowest BCUT2D eigenvalue weighted by molar-refractivity contribution is -0.138. The first-order valence-electron chi connectivity index (χ1n) is 8.94. The van der Waals surface area contributed by atoms with E-state index >= 15 is 0 Å². The number of amides is 1. The average molecular weight is 374 g/mol. The van der Waals surface area contributed by atoms with Crippen molar-refractivity contribution in [3.8, 4) is 0 Å². The molecule has 2 aliphatic rings. The number of ether oxygens (including phenoxy) is 1. The standard InChI is InChI=1S/C19H22N2O4S/c22-19(20-10-12-25-13-11-20)18-6-3-9-21(18)26(23,24)17-8-7-15-4-1-2-5-16(15)14-17/h1-2,4-5,7-8,14,18H,3,6,9-13H2/t18-/m0/s1. The molecule has 0 spiro atoms. The van der Waals surface area contributed by atoms with Crippen LogP contribution in [-0.2, 0) is 19.6 Å². The van der Waals surface area contributed by atoms with Crippen molar-refractivity contribution < 1.29 is 17.9 Å². The molecule has 1 atom stereocenters. The summed E-state index contributed by atoms with van der Waals surface area (Å²) in [5.41, 5.74) is 0. The summed E-state index contributed by atoms with van der Waals surface area (Å²) in [4.78, 5) is 14.8. The van der Waals surface area contributed by atoms with E-state index in [-0.39, 0.29) is 10.8 Å². The molecular weight excluding hydrogens is 352 g/mol. The second-order valence-corrected chi connectivity index (χ2v) is 8.61. The van der Waals surface area contributed by atoms with E-state index in [0.717, 1.165) is 10.8 Å². The Balaban J connectivity index is 1.63. The zero-order chi connectivity index (χ0) is 18.1. The van der Waals surface area contributed by atoms with Gasteiger partial charge in [0.05, 0.1) is 18.1 Å². The summed E-state index contributed by atoms with van der Waals surface area (Å²) in [6.45, 7) is 2.46. The molecule has 2 saturated heterocycles. The van der Waals surface area contributed by atoms with E-state index in [1.165, 1.54) is 4.31 Å². The van der Waals surface area contributed by atoms with Crippen molar-refractivity contribution >= 4 is 26.7 Å². The second kappa shape index (κ2) is 6.98. The van der Waals surface area contributed by atoms with E-state index in [1.807, 2.05) is 30.3 Å². The number of benzene rings is 2. The molecule has 0 saturated carbocycles. The van der Waals surface area contributed by atoms with Crippen LogP contribution in [0, 0.1) is 0 Å². The second-order valence-electron chi connectivity index (χ2n) is 6.72. The Labute approximate surface area is 153 Å². The van der Waals surface area contributed by atoms with Crippen LogP contribution in [0.3, 0.4) is 0 Å². The van der Waals surface area contributed by atoms with Crippen molar-refractivity contribution in [1.82, 2.24) is 9.21 Å². The monoisotopic (exact) mass is 374 g/mol. The molecule has 0 bridgehead atoms. The van der Waals surface area contributed by atoms with Crippen molar-refractivity contribution in [3.63, 3.8) is 0 Å². The zero-order valence-corrected chi connectivity index (χ0v) is 15.3. The molecule has 2 aliphatic heterocycles. The summed E-state index contributed by atoms with van der Waals surface area (Å²) >= 11 is 0. The summed E-state index contributed by atoms with van der Waals surface area (Å²) in [6.07, 6.45) is 1.27. The minimum atomic E-state index is -3.71. The molecule has 0 unspecified atom stereocenters. The molecular formula is C19H22N2O4S. The van der Waals surface area contributed by atoms with Gasteiger partial charge in [0.15, 0.2) is 0 Å². The molecule has 1 amide bonds. The number of sulfonamides is 1. The first-order valence-corrected chi connectivity index (χ1v) is 10.4. The minimum Gasteiger partial charge on any atom is -0.378 e. The van der Waals surface area contributed by atoms with Gasteiger partial charge in [-0.15, -0.1) is 0 Å². The number of fused-ring (bicyclic) bond motifs is 1. The van der Waals surface area contributed by atoms with Gasteiger partial charge in [-0.05, 0) is 35.7 Å². The van der Waals surface area contributed by atoms with Gasteiger partial charge < -0.3 is 9.64 Å². The number of carbonyl (C=O) groups excluding carboxylic acids is 1. The lowest BCUT2D eigenvalue weighted by atomic mass is 10.1. The third-order valence-electron chi connectivity index (χ3n) is 5.14. The molecule has 7 heteroatoms. The van der Waals surface area contributed by atoms with E-state index in [9.17, 15) is 13.2 Å². The fourth-order valence-electron chi connectivity index (χ4n) is 3.73. The van der Waals surface area contributed by atoms with Gasteiger partial charge in [-0.25, -0.2) is 8.42 Å². The normalized spacial score (nSPS) is 22.0. The molecule has 2 aromatic rings. The molecule has 0 aromatic heterocycles. The number of carbonyl (C=O) groups is 1. The molecule has 2 aromatic carbocycles. The van der Waals surface area contributed by atoms with E-state index in [0.29, 0.717) is 45.7 Å². The lowest BCUT2D eigenvalue weighted by Crippen LogP contribution is -2.50. The first kappa shape index (κ1) is 17.5. The van der Waals surface area contributed by atoms with Crippen LogP contribution >= 0.6 is 0 Å². The Bertz CT molecular complexity index is 922. The van der Waals surface area contributed by atoms with Gasteiger partial charge in [-0.2, -0.15) is 4.31 Å². The maximum atomic E-state index is 13.2. The Morgan fingerprint density at radius 2 is 1.73 bits per heavy atom. The summed E-state index contributed by atoms with van der Waals surface area (Å²) in [5, 5.41) is 1.87. The molecule has 0 aliphatic carbocycles. The van der Waals surface area contributed by atoms with Crippen LogP contribution in [0.4, 0.5) is 0 Å². The molecule has 2 fully saturated rings. The van der Waals surface area contributed by atoms with Gasteiger partial charge >= 0.3 is 0 Å². The molecule has 0 N–H and O–H groups in total. The predicted molar refractivity (Wildman–Crippen MR) is 98.3 cm³/mol. The van der Waals surface area contributed by atoms with Crippen LogP contribution in [0.5, 0.6) is 0 Å². The third kappa shape index (κ3) is 3.11. The van der Waals surface area contributed by atoms with Gasteiger partial charge in [-0.1, -0.05) is 30.3 Å². The Kier molecular flexibility index (Phi) is 4.69. The lowest BCUT2D eigenvalue weighted by Gasteiger charge is -2.32. The van der Waals surface area contributed by atoms with Crippen molar-refractivity contribution in [3.05, 3.63) is 42.5 Å². The number of hydrogen-bond acceptors (Lipinski definition) is 4. The molecule has 0 radical (unpaired) electrons. The van der Waals surface area contributed by atoms with E-state index < -0.39 is 16.1 Å². The van der Waals surface area contributed by atoms with E-state index in [2.05, 4.69) is 0 Å². The van der Waals surface area contributed by atoms with Crippen molar-refractivity contribution in [1.29, 1.82) is 0 Å². The fourth-order valence-corrected chi connectivity index (χ4v) is 5.42. The van der Waals surface area contributed by atoms with Crippen molar-refractivity contribution in [2.24, 2.45) is 0 Å². The topological polar surface area (TPSA) is 66.9 Å². The Morgan fingerprint density at radius 3 is 2.50 bits per heavy atom. The van der Waals surface area contributed by atoms with E-state index in [4.69, 9.17) is 4.74 Å². The Morgan fingerprint density at radius 1 is 1.00 bits per heavy atom. The van der Waals surface area contributed by atoms with Crippen LogP contribution in [-0.4, -0.2) is 62.4 Å². The van der Waals surface area contributed by atoms with Gasteiger partial charge in [0.1, 0.15) is 6.04 Å². The third-order valence-corrected chi connectivity index (χ3v) is 7.04.